The van der Waals surface area contributed by atoms with Crippen molar-refractivity contribution in [1.82, 2.24) is 5.32 Å². The molecule has 0 rings (SSSR count). The first-order valence-corrected chi connectivity index (χ1v) is 5.04. The zero-order chi connectivity index (χ0) is 12.8. The molecule has 16 heavy (non-hydrogen) atoms. The number of aliphatic hydroxyl groups excluding tert-OH is 1. The predicted molar refractivity (Wildman–Crippen MR) is 57.0 cm³/mol. The molecule has 0 radical (unpaired) electrons. The Kier molecular flexibility index (Phi) is 5.98. The van der Waals surface area contributed by atoms with E-state index in [0.717, 1.165) is 0 Å². The summed E-state index contributed by atoms with van der Waals surface area (Å²) in [5.74, 6) is -1.62. The number of carbonyl (C=O) groups is 2. The van der Waals surface area contributed by atoms with Crippen molar-refractivity contribution < 1.29 is 24.5 Å². The van der Waals surface area contributed by atoms with E-state index in [0.29, 0.717) is 0 Å². The van der Waals surface area contributed by atoms with Crippen LogP contribution in [0.2, 0.25) is 0 Å². The smallest absolute Gasteiger partial charge is 0.332 e. The van der Waals surface area contributed by atoms with Gasteiger partial charge in [-0.1, -0.05) is 0 Å². The lowest BCUT2D eigenvalue weighted by molar-refractivity contribution is -0.147. The van der Waals surface area contributed by atoms with E-state index in [4.69, 9.17) is 14.9 Å². The third-order valence-corrected chi connectivity index (χ3v) is 1.66. The topological polar surface area (TPSA) is 95.9 Å². The average molecular weight is 233 g/mol. The van der Waals surface area contributed by atoms with Gasteiger partial charge >= 0.3 is 5.97 Å². The van der Waals surface area contributed by atoms with E-state index in [9.17, 15) is 9.59 Å². The molecule has 1 amide bonds. The van der Waals surface area contributed by atoms with E-state index < -0.39 is 17.7 Å². The van der Waals surface area contributed by atoms with E-state index in [1.807, 2.05) is 20.8 Å². The minimum Gasteiger partial charge on any atom is -0.479 e. The van der Waals surface area contributed by atoms with E-state index >= 15 is 0 Å². The van der Waals surface area contributed by atoms with Crippen molar-refractivity contribution in [3.05, 3.63) is 0 Å². The molecule has 0 heterocycles. The van der Waals surface area contributed by atoms with Crippen LogP contribution in [-0.4, -0.2) is 46.9 Å². The van der Waals surface area contributed by atoms with Crippen molar-refractivity contribution in [2.24, 2.45) is 0 Å². The molecular formula is C10H19NO5. The van der Waals surface area contributed by atoms with Gasteiger partial charge in [-0.15, -0.1) is 0 Å². The van der Waals surface area contributed by atoms with E-state index in [1.54, 1.807) is 0 Å². The molecule has 94 valence electrons. The quantitative estimate of drug-likeness (QED) is 0.588. The number of aliphatic hydroxyl groups is 1. The summed E-state index contributed by atoms with van der Waals surface area (Å²) in [7, 11) is 0. The maximum Gasteiger partial charge on any atom is 0.332 e. The molecule has 0 aliphatic heterocycles. The van der Waals surface area contributed by atoms with E-state index in [-0.39, 0.29) is 25.5 Å². The van der Waals surface area contributed by atoms with Gasteiger partial charge in [-0.05, 0) is 20.8 Å². The van der Waals surface area contributed by atoms with E-state index in [1.165, 1.54) is 0 Å². The molecule has 6 heteroatoms. The maximum atomic E-state index is 11.2. The molecule has 0 saturated carbocycles. The van der Waals surface area contributed by atoms with Gasteiger partial charge in [0.15, 0.2) is 6.10 Å². The van der Waals surface area contributed by atoms with Crippen LogP contribution in [-0.2, 0) is 14.3 Å². The minimum absolute atomic E-state index is 0.0173. The van der Waals surface area contributed by atoms with Crippen LogP contribution < -0.4 is 5.32 Å². The normalized spacial score (nSPS) is 13.2. The van der Waals surface area contributed by atoms with Crippen LogP contribution in [0.4, 0.5) is 0 Å². The van der Waals surface area contributed by atoms with Crippen molar-refractivity contribution in [1.29, 1.82) is 0 Å². The van der Waals surface area contributed by atoms with Crippen LogP contribution >= 0.6 is 0 Å². The third-order valence-electron chi connectivity index (χ3n) is 1.66. The van der Waals surface area contributed by atoms with Crippen LogP contribution in [0.3, 0.4) is 0 Å². The lowest BCUT2D eigenvalue weighted by Crippen LogP contribution is -2.34. The van der Waals surface area contributed by atoms with Crippen molar-refractivity contribution in [2.45, 2.75) is 38.9 Å². The van der Waals surface area contributed by atoms with Gasteiger partial charge < -0.3 is 20.3 Å². The molecule has 1 atom stereocenters. The number of rotatable bonds is 6. The molecule has 0 saturated heterocycles. The number of carboxylic acids is 1. The second kappa shape index (κ2) is 6.44. The number of aliphatic carboxylic acids is 1. The molecule has 6 nitrogen and oxygen atoms in total. The molecular weight excluding hydrogens is 214 g/mol. The van der Waals surface area contributed by atoms with Crippen molar-refractivity contribution in [3.8, 4) is 0 Å². The number of hydrogen-bond donors (Lipinski definition) is 3. The monoisotopic (exact) mass is 233 g/mol. The fourth-order valence-electron chi connectivity index (χ4n) is 0.805. The standard InChI is InChI=1S/C10H19NO5/c1-10(2,3)16-6-8(13)11-5-4-7(12)9(14)15/h7,12H,4-6H2,1-3H3,(H,11,13)(H,14,15)/t7-/m0/s1. The largest absolute Gasteiger partial charge is 0.479 e. The number of ether oxygens (including phenoxy) is 1. The van der Waals surface area contributed by atoms with Crippen molar-refractivity contribution >= 4 is 11.9 Å². The Morgan fingerprint density at radius 2 is 1.94 bits per heavy atom. The Hall–Kier alpha value is -1.14. The van der Waals surface area contributed by atoms with Crippen LogP contribution in [0, 0.1) is 0 Å². The number of hydrogen-bond acceptors (Lipinski definition) is 4. The second-order valence-corrected chi connectivity index (χ2v) is 4.39. The summed E-state index contributed by atoms with van der Waals surface area (Å²) in [5.41, 5.74) is -0.391. The highest BCUT2D eigenvalue weighted by molar-refractivity contribution is 5.77. The Labute approximate surface area is 94.6 Å². The summed E-state index contributed by atoms with van der Waals surface area (Å²) >= 11 is 0. The predicted octanol–water partition coefficient (Wildman–Crippen LogP) is -0.247. The van der Waals surface area contributed by atoms with Gasteiger partial charge in [0.25, 0.3) is 0 Å². The van der Waals surface area contributed by atoms with Crippen molar-refractivity contribution in [2.75, 3.05) is 13.2 Å². The zero-order valence-corrected chi connectivity index (χ0v) is 9.82. The summed E-state index contributed by atoms with van der Waals surface area (Å²) in [5, 5.41) is 19.7. The summed E-state index contributed by atoms with van der Waals surface area (Å²) in [6, 6.07) is 0. The summed E-state index contributed by atoms with van der Waals surface area (Å²) in [4.78, 5) is 21.4. The van der Waals surface area contributed by atoms with Gasteiger partial charge in [0.2, 0.25) is 5.91 Å². The summed E-state index contributed by atoms with van der Waals surface area (Å²) in [6.45, 7) is 5.52. The first-order chi connectivity index (χ1) is 7.22. The van der Waals surface area contributed by atoms with Gasteiger partial charge in [-0.25, -0.2) is 4.79 Å². The van der Waals surface area contributed by atoms with Crippen LogP contribution in [0.5, 0.6) is 0 Å². The van der Waals surface area contributed by atoms with Crippen LogP contribution in [0.15, 0.2) is 0 Å². The minimum atomic E-state index is -1.44. The highest BCUT2D eigenvalue weighted by Gasteiger charge is 2.14. The maximum absolute atomic E-state index is 11.2. The van der Waals surface area contributed by atoms with Gasteiger partial charge in [-0.2, -0.15) is 0 Å². The van der Waals surface area contributed by atoms with Crippen molar-refractivity contribution in [3.63, 3.8) is 0 Å². The van der Waals surface area contributed by atoms with Gasteiger partial charge in [0.05, 0.1) is 5.60 Å². The van der Waals surface area contributed by atoms with Crippen LogP contribution in [0.1, 0.15) is 27.2 Å². The third kappa shape index (κ3) is 8.19. The number of carbonyl (C=O) groups excluding carboxylic acids is 1. The highest BCUT2D eigenvalue weighted by atomic mass is 16.5. The Balaban J connectivity index is 3.63. The first-order valence-electron chi connectivity index (χ1n) is 5.04. The average Bonchev–Trinajstić information content (AvgIpc) is 2.13. The van der Waals surface area contributed by atoms with Gasteiger partial charge in [0.1, 0.15) is 6.61 Å². The van der Waals surface area contributed by atoms with Crippen LogP contribution in [0.25, 0.3) is 0 Å². The fourth-order valence-corrected chi connectivity index (χ4v) is 0.805. The van der Waals surface area contributed by atoms with E-state index in [2.05, 4.69) is 5.32 Å². The molecule has 0 aromatic heterocycles. The molecule has 0 fully saturated rings. The molecule has 0 aromatic rings. The molecule has 0 unspecified atom stereocenters. The lowest BCUT2D eigenvalue weighted by atomic mass is 10.2. The molecule has 0 aliphatic carbocycles. The molecule has 0 aromatic carbocycles. The Morgan fingerprint density at radius 3 is 2.38 bits per heavy atom. The number of nitrogens with one attached hydrogen (secondary N) is 1. The second-order valence-electron chi connectivity index (χ2n) is 4.39. The molecule has 3 N–H and O–H groups in total. The number of amides is 1. The SMILES string of the molecule is CC(C)(C)OCC(=O)NCC[C@H](O)C(=O)O. The fraction of sp³-hybridized carbons (Fsp3) is 0.800. The molecule has 0 spiro atoms. The van der Waals surface area contributed by atoms with Gasteiger partial charge in [-0.3, -0.25) is 4.79 Å². The summed E-state index contributed by atoms with van der Waals surface area (Å²) in [6.07, 6.45) is -1.46. The van der Waals surface area contributed by atoms with Gasteiger partial charge in [0, 0.05) is 13.0 Å². The zero-order valence-electron chi connectivity index (χ0n) is 9.82. The lowest BCUT2D eigenvalue weighted by Gasteiger charge is -2.19. The number of carboxylic acid groups (broad SMARTS) is 1. The highest BCUT2D eigenvalue weighted by Crippen LogP contribution is 2.05. The first kappa shape index (κ1) is 14.9. The Morgan fingerprint density at radius 1 is 1.38 bits per heavy atom. The molecule has 0 aliphatic rings. The summed E-state index contributed by atoms with van der Waals surface area (Å²) < 4.78 is 5.21. The Bertz CT molecular complexity index is 246. The molecule has 0 bridgehead atoms.